The van der Waals surface area contributed by atoms with Crippen LogP contribution in [0.25, 0.3) is 11.1 Å². The molecular formula is C28H27F3N2O3. The lowest BCUT2D eigenvalue weighted by molar-refractivity contribution is -0.137. The molecule has 3 aromatic carbocycles. The molecule has 0 bridgehead atoms. The maximum absolute atomic E-state index is 13.7. The third-order valence-electron chi connectivity index (χ3n) is 6.91. The number of nitrogens with zero attached hydrogens (tertiary/aromatic N) is 1. The Morgan fingerprint density at radius 3 is 2.58 bits per heavy atom. The van der Waals surface area contributed by atoms with E-state index in [0.717, 1.165) is 18.4 Å². The minimum atomic E-state index is -4.47. The zero-order chi connectivity index (χ0) is 25.4. The minimum Gasteiger partial charge on any atom is -0.506 e. The quantitative estimate of drug-likeness (QED) is 0.402. The van der Waals surface area contributed by atoms with Crippen LogP contribution in [0.5, 0.6) is 5.75 Å². The lowest BCUT2D eigenvalue weighted by atomic mass is 9.91. The molecule has 8 heteroatoms. The summed E-state index contributed by atoms with van der Waals surface area (Å²) in [5.74, 6) is -0.0919. The van der Waals surface area contributed by atoms with Gasteiger partial charge in [0.2, 0.25) is 0 Å². The van der Waals surface area contributed by atoms with Crippen molar-refractivity contribution < 1.29 is 27.8 Å². The van der Waals surface area contributed by atoms with Crippen molar-refractivity contribution in [3.05, 3.63) is 76.9 Å². The first kappa shape index (κ1) is 24.2. The number of benzene rings is 3. The van der Waals surface area contributed by atoms with E-state index < -0.39 is 11.7 Å². The Bertz CT molecular complexity index is 1300. The van der Waals surface area contributed by atoms with Gasteiger partial charge in [-0.05, 0) is 90.4 Å². The lowest BCUT2D eigenvalue weighted by Crippen LogP contribution is -2.37. The molecule has 0 radical (unpaired) electrons. The van der Waals surface area contributed by atoms with Gasteiger partial charge in [0.1, 0.15) is 5.75 Å². The van der Waals surface area contributed by atoms with E-state index in [1.54, 1.807) is 42.3 Å². The maximum Gasteiger partial charge on any atom is 0.416 e. The van der Waals surface area contributed by atoms with Gasteiger partial charge in [0, 0.05) is 31.5 Å². The molecule has 36 heavy (non-hydrogen) atoms. The number of hydrogen-bond acceptors (Lipinski definition) is 4. The average Bonchev–Trinajstić information content (AvgIpc) is 2.89. The van der Waals surface area contributed by atoms with Crippen molar-refractivity contribution in [3.63, 3.8) is 0 Å². The molecule has 2 N–H and O–H groups in total. The van der Waals surface area contributed by atoms with Crippen molar-refractivity contribution in [1.82, 2.24) is 0 Å². The van der Waals surface area contributed by atoms with Gasteiger partial charge < -0.3 is 20.1 Å². The van der Waals surface area contributed by atoms with Gasteiger partial charge in [-0.3, -0.25) is 4.79 Å². The second-order valence-corrected chi connectivity index (χ2v) is 9.23. The summed E-state index contributed by atoms with van der Waals surface area (Å²) in [7, 11) is 1.69. The van der Waals surface area contributed by atoms with Crippen LogP contribution in [0.15, 0.2) is 54.6 Å². The molecule has 2 aliphatic rings. The summed E-state index contributed by atoms with van der Waals surface area (Å²) in [6.07, 6.45) is -1.73. The highest BCUT2D eigenvalue weighted by Gasteiger charge is 2.33. The molecule has 1 saturated heterocycles. The van der Waals surface area contributed by atoms with E-state index in [9.17, 15) is 23.1 Å². The van der Waals surface area contributed by atoms with Crippen LogP contribution < -0.4 is 10.2 Å². The van der Waals surface area contributed by atoms with Gasteiger partial charge in [-0.2, -0.15) is 13.2 Å². The molecule has 1 unspecified atom stereocenters. The molecule has 1 amide bonds. The van der Waals surface area contributed by atoms with Gasteiger partial charge in [-0.1, -0.05) is 12.1 Å². The van der Waals surface area contributed by atoms with Crippen LogP contribution in [0, 0.1) is 0 Å². The molecule has 0 aromatic heterocycles. The van der Waals surface area contributed by atoms with Crippen LogP contribution in [0.2, 0.25) is 0 Å². The van der Waals surface area contributed by atoms with Crippen molar-refractivity contribution in [2.75, 3.05) is 30.4 Å². The lowest BCUT2D eigenvalue weighted by Gasteiger charge is -2.29. The van der Waals surface area contributed by atoms with Crippen molar-refractivity contribution in [2.45, 2.75) is 38.0 Å². The molecule has 0 aliphatic carbocycles. The largest absolute Gasteiger partial charge is 0.506 e. The number of amides is 1. The number of phenols is 1. The number of halogens is 3. The van der Waals surface area contributed by atoms with E-state index in [1.807, 2.05) is 6.07 Å². The second kappa shape index (κ2) is 9.50. The number of fused-ring (bicyclic) bond motifs is 1. The fourth-order valence-corrected chi connectivity index (χ4v) is 4.98. The molecule has 188 valence electrons. The Balaban J connectivity index is 1.48. The number of phenolic OH excluding ortho intramolecular Hbond substituents is 1. The fraction of sp³-hybridized carbons (Fsp3) is 0.321. The summed E-state index contributed by atoms with van der Waals surface area (Å²) < 4.78 is 46.9. The normalized spacial score (nSPS) is 18.2. The number of carbonyl (C=O) groups excluding carboxylic acids is 1. The molecule has 0 spiro atoms. The molecule has 1 atom stereocenters. The first-order valence-corrected chi connectivity index (χ1v) is 12.0. The predicted molar refractivity (Wildman–Crippen MR) is 132 cm³/mol. The first-order chi connectivity index (χ1) is 17.2. The summed E-state index contributed by atoms with van der Waals surface area (Å²) in [5, 5.41) is 12.8. The number of nitrogens with one attached hydrogen (secondary N) is 1. The van der Waals surface area contributed by atoms with E-state index in [1.165, 1.54) is 18.2 Å². The third-order valence-corrected chi connectivity index (χ3v) is 6.91. The van der Waals surface area contributed by atoms with Crippen LogP contribution in [0.4, 0.5) is 24.5 Å². The van der Waals surface area contributed by atoms with Gasteiger partial charge in [0.25, 0.3) is 5.91 Å². The summed E-state index contributed by atoms with van der Waals surface area (Å²) >= 11 is 0. The number of aromatic hydroxyl groups is 1. The molecular weight excluding hydrogens is 469 g/mol. The summed E-state index contributed by atoms with van der Waals surface area (Å²) in [5.41, 5.74) is 3.44. The van der Waals surface area contributed by atoms with E-state index in [2.05, 4.69) is 5.32 Å². The van der Waals surface area contributed by atoms with Crippen molar-refractivity contribution in [3.8, 4) is 16.9 Å². The second-order valence-electron chi connectivity index (χ2n) is 9.23. The highest BCUT2D eigenvalue weighted by Crippen LogP contribution is 2.39. The topological polar surface area (TPSA) is 61.8 Å². The van der Waals surface area contributed by atoms with Gasteiger partial charge in [0.15, 0.2) is 0 Å². The maximum atomic E-state index is 13.7. The highest BCUT2D eigenvalue weighted by atomic mass is 19.4. The minimum absolute atomic E-state index is 0.0924. The molecule has 3 aromatic rings. The third kappa shape index (κ3) is 4.65. The average molecular weight is 497 g/mol. The summed E-state index contributed by atoms with van der Waals surface area (Å²) in [4.78, 5) is 14.9. The van der Waals surface area contributed by atoms with Gasteiger partial charge in [0.05, 0.1) is 17.4 Å². The van der Waals surface area contributed by atoms with Crippen molar-refractivity contribution in [1.29, 1.82) is 0 Å². The van der Waals surface area contributed by atoms with E-state index in [4.69, 9.17) is 4.74 Å². The Labute approximate surface area is 207 Å². The van der Waals surface area contributed by atoms with E-state index in [-0.39, 0.29) is 17.8 Å². The molecule has 2 aliphatic heterocycles. The van der Waals surface area contributed by atoms with Crippen LogP contribution >= 0.6 is 0 Å². The van der Waals surface area contributed by atoms with Crippen LogP contribution in [0.3, 0.4) is 0 Å². The molecule has 1 fully saturated rings. The summed E-state index contributed by atoms with van der Waals surface area (Å²) in [6, 6.07) is 14.3. The molecule has 5 rings (SSSR count). The highest BCUT2D eigenvalue weighted by molar-refractivity contribution is 6.08. The van der Waals surface area contributed by atoms with E-state index in [0.29, 0.717) is 59.6 Å². The van der Waals surface area contributed by atoms with Crippen LogP contribution in [0.1, 0.15) is 52.4 Å². The Morgan fingerprint density at radius 1 is 1.03 bits per heavy atom. The molecule has 5 nitrogen and oxygen atoms in total. The van der Waals surface area contributed by atoms with Crippen LogP contribution in [-0.4, -0.2) is 31.2 Å². The van der Waals surface area contributed by atoms with Gasteiger partial charge >= 0.3 is 6.18 Å². The first-order valence-electron chi connectivity index (χ1n) is 12.0. The molecule has 2 heterocycles. The SMILES string of the molecule is CNc1cc(N2CCc3cc(-c4cc(C5CCCCO5)cc(C(F)(F)F)c4)ccc3C2=O)ccc1O. The van der Waals surface area contributed by atoms with E-state index >= 15 is 0 Å². The monoisotopic (exact) mass is 496 g/mol. The summed E-state index contributed by atoms with van der Waals surface area (Å²) in [6.45, 7) is 0.970. The van der Waals surface area contributed by atoms with Crippen molar-refractivity contribution >= 4 is 17.3 Å². The fourth-order valence-electron chi connectivity index (χ4n) is 4.98. The zero-order valence-corrected chi connectivity index (χ0v) is 19.9. The smallest absolute Gasteiger partial charge is 0.416 e. The van der Waals surface area contributed by atoms with Crippen molar-refractivity contribution in [2.24, 2.45) is 0 Å². The standard InChI is InChI=1S/C28H27F3N2O3/c1-32-24-16-22(6-8-25(24)34)33-10-9-18-12-17(5-7-23(18)27(33)35)19-13-20(26-4-2-3-11-36-26)15-21(14-19)28(29,30)31/h5-8,12-16,26,32,34H,2-4,9-11H2,1H3. The number of rotatable bonds is 4. The number of ether oxygens (including phenoxy) is 1. The Morgan fingerprint density at radius 2 is 1.86 bits per heavy atom. The number of anilines is 2. The van der Waals surface area contributed by atoms with Gasteiger partial charge in [-0.25, -0.2) is 0 Å². The van der Waals surface area contributed by atoms with Gasteiger partial charge in [-0.15, -0.1) is 0 Å². The molecule has 0 saturated carbocycles. The predicted octanol–water partition coefficient (Wildman–Crippen LogP) is 6.56. The zero-order valence-electron chi connectivity index (χ0n) is 19.9. The number of hydrogen-bond donors (Lipinski definition) is 2. The van der Waals surface area contributed by atoms with Crippen LogP contribution in [-0.2, 0) is 17.3 Å². The number of carbonyl (C=O) groups is 1. The number of alkyl halides is 3. The Kier molecular flexibility index (Phi) is 6.38. The Hall–Kier alpha value is -3.52.